The molecule has 0 saturated heterocycles. The van der Waals surface area contributed by atoms with Gasteiger partial charge in [-0.25, -0.2) is 0 Å². The topological polar surface area (TPSA) is 57.9 Å². The summed E-state index contributed by atoms with van der Waals surface area (Å²) in [4.78, 5) is 3.36. The summed E-state index contributed by atoms with van der Waals surface area (Å²) >= 11 is 1.73. The summed E-state index contributed by atoms with van der Waals surface area (Å²) in [7, 11) is 4.08. The van der Waals surface area contributed by atoms with E-state index in [0.29, 0.717) is 0 Å². The molecule has 94 valence electrons. The van der Waals surface area contributed by atoms with E-state index in [-0.39, 0.29) is 6.04 Å². The SMILES string of the molecule is CN(C)CC(N)c1ccc2[nH]nc3c2c1SC=C3. The second-order valence-electron chi connectivity index (χ2n) is 4.80. The minimum Gasteiger partial charge on any atom is -0.323 e. The lowest BCUT2D eigenvalue weighted by Gasteiger charge is -2.20. The van der Waals surface area contributed by atoms with Gasteiger partial charge in [-0.15, -0.1) is 0 Å². The van der Waals surface area contributed by atoms with Crippen LogP contribution in [0, 0.1) is 0 Å². The van der Waals surface area contributed by atoms with Gasteiger partial charge in [0.25, 0.3) is 0 Å². The first-order valence-corrected chi connectivity index (χ1v) is 6.79. The zero-order valence-corrected chi connectivity index (χ0v) is 11.3. The number of nitrogens with one attached hydrogen (secondary N) is 1. The van der Waals surface area contributed by atoms with Crippen molar-refractivity contribution in [2.75, 3.05) is 20.6 Å². The van der Waals surface area contributed by atoms with E-state index in [1.165, 1.54) is 15.8 Å². The second kappa shape index (κ2) is 4.42. The molecule has 0 radical (unpaired) electrons. The molecule has 5 heteroatoms. The van der Waals surface area contributed by atoms with Crippen molar-refractivity contribution < 1.29 is 0 Å². The van der Waals surface area contributed by atoms with Crippen LogP contribution in [-0.2, 0) is 0 Å². The lowest BCUT2D eigenvalue weighted by molar-refractivity contribution is 0.375. The summed E-state index contributed by atoms with van der Waals surface area (Å²) in [5.41, 5.74) is 9.59. The largest absolute Gasteiger partial charge is 0.323 e. The quantitative estimate of drug-likeness (QED) is 0.888. The van der Waals surface area contributed by atoms with Gasteiger partial charge in [0.2, 0.25) is 0 Å². The third kappa shape index (κ3) is 1.84. The van der Waals surface area contributed by atoms with Gasteiger partial charge in [0.1, 0.15) is 0 Å². The highest BCUT2D eigenvalue weighted by Gasteiger charge is 2.19. The lowest BCUT2D eigenvalue weighted by Crippen LogP contribution is -2.26. The Morgan fingerprint density at radius 1 is 1.44 bits per heavy atom. The van der Waals surface area contributed by atoms with E-state index in [4.69, 9.17) is 5.73 Å². The normalized spacial score (nSPS) is 15.6. The molecular formula is C13H16N4S. The Hall–Kier alpha value is -1.30. The van der Waals surface area contributed by atoms with Crippen molar-refractivity contribution in [3.63, 3.8) is 0 Å². The first-order chi connectivity index (χ1) is 8.66. The van der Waals surface area contributed by atoms with Gasteiger partial charge in [-0.05, 0) is 37.2 Å². The smallest absolute Gasteiger partial charge is 0.0944 e. The number of hydrogen-bond donors (Lipinski definition) is 2. The molecule has 2 aromatic rings. The van der Waals surface area contributed by atoms with Gasteiger partial charge >= 0.3 is 0 Å². The fraction of sp³-hybridized carbons (Fsp3) is 0.308. The Morgan fingerprint density at radius 3 is 3.06 bits per heavy atom. The molecule has 4 nitrogen and oxygen atoms in total. The summed E-state index contributed by atoms with van der Waals surface area (Å²) in [6.45, 7) is 0.843. The fourth-order valence-electron chi connectivity index (χ4n) is 2.32. The predicted molar refractivity (Wildman–Crippen MR) is 76.5 cm³/mol. The van der Waals surface area contributed by atoms with Crippen LogP contribution in [0.5, 0.6) is 0 Å². The summed E-state index contributed by atoms with van der Waals surface area (Å²) in [6.07, 6.45) is 2.04. The molecule has 1 unspecified atom stereocenters. The van der Waals surface area contributed by atoms with E-state index in [0.717, 1.165) is 17.8 Å². The third-order valence-corrected chi connectivity index (χ3v) is 4.06. The van der Waals surface area contributed by atoms with E-state index in [9.17, 15) is 0 Å². The van der Waals surface area contributed by atoms with Crippen LogP contribution in [0.25, 0.3) is 17.0 Å². The molecule has 1 atom stereocenters. The van der Waals surface area contributed by atoms with Gasteiger partial charge in [0.05, 0.1) is 11.2 Å². The number of aromatic amines is 1. The number of hydrogen-bond acceptors (Lipinski definition) is 4. The van der Waals surface area contributed by atoms with E-state index in [1.54, 1.807) is 11.8 Å². The zero-order valence-electron chi connectivity index (χ0n) is 10.5. The molecule has 0 bridgehead atoms. The molecule has 0 fully saturated rings. The van der Waals surface area contributed by atoms with Crippen molar-refractivity contribution >= 4 is 28.7 Å². The molecule has 18 heavy (non-hydrogen) atoms. The molecule has 3 rings (SSSR count). The zero-order chi connectivity index (χ0) is 12.7. The summed E-state index contributed by atoms with van der Waals surface area (Å²) in [5, 5.41) is 10.6. The number of aromatic nitrogens is 2. The van der Waals surface area contributed by atoms with Gasteiger partial charge < -0.3 is 10.6 Å². The van der Waals surface area contributed by atoms with Crippen LogP contribution in [0.15, 0.2) is 22.4 Å². The van der Waals surface area contributed by atoms with Gasteiger partial charge in [-0.1, -0.05) is 17.8 Å². The van der Waals surface area contributed by atoms with Crippen molar-refractivity contribution in [3.05, 3.63) is 28.8 Å². The molecule has 0 aliphatic carbocycles. The van der Waals surface area contributed by atoms with Crippen LogP contribution >= 0.6 is 11.8 Å². The van der Waals surface area contributed by atoms with Gasteiger partial charge in [-0.2, -0.15) is 5.10 Å². The number of thioether (sulfide) groups is 1. The number of benzene rings is 1. The van der Waals surface area contributed by atoms with Crippen LogP contribution in [0.4, 0.5) is 0 Å². The molecule has 1 aliphatic rings. The minimum atomic E-state index is 0.0288. The number of nitrogens with zero attached hydrogens (tertiary/aromatic N) is 2. The monoisotopic (exact) mass is 260 g/mol. The van der Waals surface area contributed by atoms with Crippen molar-refractivity contribution in [2.24, 2.45) is 5.73 Å². The predicted octanol–water partition coefficient (Wildman–Crippen LogP) is 2.20. The molecule has 0 spiro atoms. The van der Waals surface area contributed by atoms with Crippen LogP contribution in [-0.4, -0.2) is 35.7 Å². The summed E-state index contributed by atoms with van der Waals surface area (Å²) in [6, 6.07) is 4.21. The number of H-pyrrole nitrogens is 1. The summed E-state index contributed by atoms with van der Waals surface area (Å²) in [5.74, 6) is 0. The van der Waals surface area contributed by atoms with Crippen molar-refractivity contribution in [3.8, 4) is 0 Å². The van der Waals surface area contributed by atoms with Crippen LogP contribution < -0.4 is 5.73 Å². The highest BCUT2D eigenvalue weighted by Crippen LogP contribution is 2.39. The third-order valence-electron chi connectivity index (χ3n) is 3.11. The van der Waals surface area contributed by atoms with Crippen molar-refractivity contribution in [1.82, 2.24) is 15.1 Å². The van der Waals surface area contributed by atoms with Crippen LogP contribution in [0.3, 0.4) is 0 Å². The molecule has 1 aliphatic heterocycles. The maximum Gasteiger partial charge on any atom is 0.0944 e. The van der Waals surface area contributed by atoms with E-state index >= 15 is 0 Å². The summed E-state index contributed by atoms with van der Waals surface area (Å²) < 4.78 is 0. The van der Waals surface area contributed by atoms with Crippen molar-refractivity contribution in [1.29, 1.82) is 0 Å². The maximum atomic E-state index is 6.30. The Kier molecular flexibility index (Phi) is 2.89. The first-order valence-electron chi connectivity index (χ1n) is 5.91. The maximum absolute atomic E-state index is 6.30. The lowest BCUT2D eigenvalue weighted by atomic mass is 10.0. The number of nitrogens with two attached hydrogens (primary N) is 1. The molecule has 0 amide bonds. The molecule has 0 saturated carbocycles. The molecule has 2 heterocycles. The highest BCUT2D eigenvalue weighted by atomic mass is 32.2. The minimum absolute atomic E-state index is 0.0288. The van der Waals surface area contributed by atoms with Gasteiger partial charge in [0, 0.05) is 22.9 Å². The Morgan fingerprint density at radius 2 is 2.28 bits per heavy atom. The fourth-order valence-corrected chi connectivity index (χ4v) is 3.34. The second-order valence-corrected chi connectivity index (χ2v) is 5.72. The highest BCUT2D eigenvalue weighted by molar-refractivity contribution is 8.02. The number of likely N-dealkylation sites (N-methyl/N-ethyl adjacent to an activating group) is 1. The molecule has 3 N–H and O–H groups in total. The average Bonchev–Trinajstić information content (AvgIpc) is 2.74. The van der Waals surface area contributed by atoms with Gasteiger partial charge in [0.15, 0.2) is 0 Å². The number of rotatable bonds is 3. The van der Waals surface area contributed by atoms with E-state index in [1.807, 2.05) is 20.2 Å². The molecular weight excluding hydrogens is 244 g/mol. The van der Waals surface area contributed by atoms with E-state index in [2.05, 4.69) is 32.6 Å². The van der Waals surface area contributed by atoms with Crippen LogP contribution in [0.2, 0.25) is 0 Å². The first kappa shape index (κ1) is 11.8. The van der Waals surface area contributed by atoms with Crippen LogP contribution in [0.1, 0.15) is 17.3 Å². The van der Waals surface area contributed by atoms with E-state index < -0.39 is 0 Å². The van der Waals surface area contributed by atoms with Gasteiger partial charge in [-0.3, -0.25) is 5.10 Å². The Labute approximate surface area is 110 Å². The average molecular weight is 260 g/mol. The molecule has 1 aromatic heterocycles. The Balaban J connectivity index is 2.12. The standard InChI is InChI=1S/C13H16N4S/c1-17(2)7-9(14)8-3-4-10-12-11(16-15-10)5-6-18-13(8)12/h3-6,9H,7,14H2,1-2H3,(H,15,16). The van der Waals surface area contributed by atoms with Crippen molar-refractivity contribution in [2.45, 2.75) is 10.9 Å². The molecule has 1 aromatic carbocycles. The Bertz CT molecular complexity index is 615.